The molecule has 0 aliphatic carbocycles. The summed E-state index contributed by atoms with van der Waals surface area (Å²) < 4.78 is 11.6. The summed E-state index contributed by atoms with van der Waals surface area (Å²) in [7, 11) is 4.04. The van der Waals surface area contributed by atoms with Gasteiger partial charge >= 0.3 is 0 Å². The third kappa shape index (κ3) is 4.04. The number of nitrogens with zero attached hydrogens (tertiary/aromatic N) is 2. The monoisotopic (exact) mass is 378 g/mol. The van der Waals surface area contributed by atoms with Gasteiger partial charge in [-0.2, -0.15) is 0 Å². The molecule has 146 valence electrons. The fourth-order valence-electron chi connectivity index (χ4n) is 3.62. The summed E-state index contributed by atoms with van der Waals surface area (Å²) in [5.41, 5.74) is 2.96. The number of carbonyl (C=O) groups excluding carboxylic acids is 1. The highest BCUT2D eigenvalue weighted by molar-refractivity contribution is 5.96. The number of anilines is 1. The van der Waals surface area contributed by atoms with Gasteiger partial charge in [0.05, 0.1) is 6.10 Å². The number of amides is 1. The number of fused-ring (bicyclic) bond motifs is 1. The van der Waals surface area contributed by atoms with Gasteiger partial charge in [-0.1, -0.05) is 30.3 Å². The number of carbonyl (C=O) groups is 1. The molecule has 0 N–H and O–H groups in total. The van der Waals surface area contributed by atoms with Crippen LogP contribution in [0.25, 0.3) is 11.0 Å². The Balaban J connectivity index is 1.57. The highest BCUT2D eigenvalue weighted by atomic mass is 16.5. The average Bonchev–Trinajstić information content (AvgIpc) is 3.36. The molecule has 1 atom stereocenters. The molecule has 1 aliphatic heterocycles. The van der Waals surface area contributed by atoms with Gasteiger partial charge in [0.15, 0.2) is 5.76 Å². The Morgan fingerprint density at radius 1 is 1.11 bits per heavy atom. The van der Waals surface area contributed by atoms with Crippen molar-refractivity contribution >= 4 is 22.6 Å². The van der Waals surface area contributed by atoms with Crippen molar-refractivity contribution in [2.45, 2.75) is 25.5 Å². The van der Waals surface area contributed by atoms with E-state index in [9.17, 15) is 4.79 Å². The molecule has 0 unspecified atom stereocenters. The first kappa shape index (κ1) is 18.6. The topological polar surface area (TPSA) is 45.9 Å². The zero-order valence-corrected chi connectivity index (χ0v) is 16.4. The summed E-state index contributed by atoms with van der Waals surface area (Å²) in [6, 6.07) is 17.8. The zero-order chi connectivity index (χ0) is 19.5. The van der Waals surface area contributed by atoms with Crippen LogP contribution < -0.4 is 4.90 Å². The van der Waals surface area contributed by atoms with Gasteiger partial charge < -0.3 is 19.0 Å². The molecule has 1 aliphatic rings. The largest absolute Gasteiger partial charge is 0.451 e. The van der Waals surface area contributed by atoms with E-state index in [0.29, 0.717) is 18.8 Å². The van der Waals surface area contributed by atoms with Crippen molar-refractivity contribution < 1.29 is 13.9 Å². The molecule has 1 saturated heterocycles. The molecule has 0 spiro atoms. The first-order valence-corrected chi connectivity index (χ1v) is 9.76. The van der Waals surface area contributed by atoms with Crippen molar-refractivity contribution in [3.05, 3.63) is 65.9 Å². The van der Waals surface area contributed by atoms with Gasteiger partial charge in [0, 0.05) is 44.9 Å². The highest BCUT2D eigenvalue weighted by Crippen LogP contribution is 2.23. The van der Waals surface area contributed by atoms with Gasteiger partial charge in [-0.05, 0) is 42.7 Å². The van der Waals surface area contributed by atoms with Crippen molar-refractivity contribution in [3.8, 4) is 0 Å². The summed E-state index contributed by atoms with van der Waals surface area (Å²) in [6.07, 6.45) is 2.13. The molecule has 0 bridgehead atoms. The van der Waals surface area contributed by atoms with E-state index in [1.807, 2.05) is 49.3 Å². The van der Waals surface area contributed by atoms with Crippen LogP contribution in [-0.2, 0) is 11.3 Å². The van der Waals surface area contributed by atoms with E-state index < -0.39 is 0 Å². The van der Waals surface area contributed by atoms with Gasteiger partial charge in [0.1, 0.15) is 5.58 Å². The van der Waals surface area contributed by atoms with Crippen LogP contribution in [0.5, 0.6) is 0 Å². The summed E-state index contributed by atoms with van der Waals surface area (Å²) in [6.45, 7) is 1.88. The SMILES string of the molecule is CN(C)c1ccc(CN(C[C@@H]2CCCO2)C(=O)c2cc3ccccc3o2)cc1. The van der Waals surface area contributed by atoms with Gasteiger partial charge in [0.2, 0.25) is 0 Å². The standard InChI is InChI=1S/C23H26N2O3/c1-24(2)19-11-9-17(10-12-19)15-25(16-20-7-5-13-27-20)23(26)22-14-18-6-3-4-8-21(18)28-22/h3-4,6,8-12,14,20H,5,7,13,15-16H2,1-2H3/t20-/m0/s1. The Hall–Kier alpha value is -2.79. The van der Waals surface area contributed by atoms with Crippen molar-refractivity contribution in [3.63, 3.8) is 0 Å². The molecule has 0 saturated carbocycles. The van der Waals surface area contributed by atoms with Gasteiger partial charge in [0.25, 0.3) is 5.91 Å². The van der Waals surface area contributed by atoms with Crippen LogP contribution in [0.2, 0.25) is 0 Å². The first-order chi connectivity index (χ1) is 13.6. The van der Waals surface area contributed by atoms with Crippen LogP contribution >= 0.6 is 0 Å². The molecule has 28 heavy (non-hydrogen) atoms. The smallest absolute Gasteiger partial charge is 0.289 e. The summed E-state index contributed by atoms with van der Waals surface area (Å²) >= 11 is 0. The second kappa shape index (κ2) is 8.07. The predicted molar refractivity (Wildman–Crippen MR) is 111 cm³/mol. The molecule has 3 aromatic rings. The first-order valence-electron chi connectivity index (χ1n) is 9.76. The normalized spacial score (nSPS) is 16.4. The molecule has 1 aromatic heterocycles. The van der Waals surface area contributed by atoms with E-state index in [1.165, 1.54) is 0 Å². The van der Waals surface area contributed by atoms with Crippen molar-refractivity contribution in [2.24, 2.45) is 0 Å². The summed E-state index contributed by atoms with van der Waals surface area (Å²) in [5.74, 6) is 0.285. The average molecular weight is 378 g/mol. The van der Waals surface area contributed by atoms with E-state index in [1.54, 1.807) is 0 Å². The van der Waals surface area contributed by atoms with E-state index >= 15 is 0 Å². The van der Waals surface area contributed by atoms with E-state index in [-0.39, 0.29) is 12.0 Å². The van der Waals surface area contributed by atoms with Gasteiger partial charge in [-0.3, -0.25) is 4.79 Å². The molecule has 1 amide bonds. The maximum atomic E-state index is 13.3. The maximum Gasteiger partial charge on any atom is 0.289 e. The third-order valence-electron chi connectivity index (χ3n) is 5.20. The fraction of sp³-hybridized carbons (Fsp3) is 0.348. The van der Waals surface area contributed by atoms with E-state index in [2.05, 4.69) is 29.2 Å². The number of rotatable bonds is 6. The van der Waals surface area contributed by atoms with Crippen LogP contribution in [0.4, 0.5) is 5.69 Å². The van der Waals surface area contributed by atoms with Crippen LogP contribution in [0, 0.1) is 0 Å². The summed E-state index contributed by atoms with van der Waals surface area (Å²) in [4.78, 5) is 17.2. The highest BCUT2D eigenvalue weighted by Gasteiger charge is 2.25. The molecule has 5 heteroatoms. The minimum Gasteiger partial charge on any atom is -0.451 e. The lowest BCUT2D eigenvalue weighted by Gasteiger charge is -2.25. The number of para-hydroxylation sites is 1. The Morgan fingerprint density at radius 2 is 1.89 bits per heavy atom. The Morgan fingerprint density at radius 3 is 2.57 bits per heavy atom. The summed E-state index contributed by atoms with van der Waals surface area (Å²) in [5, 5.41) is 0.943. The van der Waals surface area contributed by atoms with E-state index in [4.69, 9.17) is 9.15 Å². The predicted octanol–water partition coefficient (Wildman–Crippen LogP) is 4.32. The Bertz CT molecular complexity index is 907. The molecule has 5 nitrogen and oxygen atoms in total. The molecule has 4 rings (SSSR count). The number of furan rings is 1. The molecule has 0 radical (unpaired) electrons. The molecule has 2 aromatic carbocycles. The van der Waals surface area contributed by atoms with Crippen LogP contribution in [0.15, 0.2) is 59.0 Å². The lowest BCUT2D eigenvalue weighted by atomic mass is 10.1. The minimum atomic E-state index is -0.0941. The Labute approximate surface area is 165 Å². The lowest BCUT2D eigenvalue weighted by molar-refractivity contribution is 0.0485. The van der Waals surface area contributed by atoms with E-state index in [0.717, 1.165) is 41.7 Å². The number of benzene rings is 2. The second-order valence-corrected chi connectivity index (χ2v) is 7.53. The zero-order valence-electron chi connectivity index (χ0n) is 16.4. The number of hydrogen-bond donors (Lipinski definition) is 0. The maximum absolute atomic E-state index is 13.3. The Kier molecular flexibility index (Phi) is 5.35. The van der Waals surface area contributed by atoms with Gasteiger partial charge in [-0.25, -0.2) is 0 Å². The molecular weight excluding hydrogens is 352 g/mol. The lowest BCUT2D eigenvalue weighted by Crippen LogP contribution is -2.36. The molecule has 1 fully saturated rings. The van der Waals surface area contributed by atoms with Crippen LogP contribution in [-0.4, -0.2) is 44.2 Å². The molecular formula is C23H26N2O3. The number of ether oxygens (including phenoxy) is 1. The molecule has 2 heterocycles. The fourth-order valence-corrected chi connectivity index (χ4v) is 3.62. The van der Waals surface area contributed by atoms with Crippen molar-refractivity contribution in [1.82, 2.24) is 4.90 Å². The second-order valence-electron chi connectivity index (χ2n) is 7.53. The van der Waals surface area contributed by atoms with Crippen LogP contribution in [0.1, 0.15) is 29.0 Å². The third-order valence-corrected chi connectivity index (χ3v) is 5.20. The quantitative estimate of drug-likeness (QED) is 0.641. The number of hydrogen-bond acceptors (Lipinski definition) is 4. The van der Waals surface area contributed by atoms with Gasteiger partial charge in [-0.15, -0.1) is 0 Å². The van der Waals surface area contributed by atoms with Crippen molar-refractivity contribution in [1.29, 1.82) is 0 Å². The van der Waals surface area contributed by atoms with Crippen LogP contribution in [0.3, 0.4) is 0 Å². The minimum absolute atomic E-state index is 0.0920. The van der Waals surface area contributed by atoms with Crippen molar-refractivity contribution in [2.75, 3.05) is 32.1 Å².